The smallest absolute Gasteiger partial charge is 0.325 e. The molecule has 11 heteroatoms. The highest BCUT2D eigenvalue weighted by atomic mass is 35.7. The Balaban J connectivity index is 3.71. The molecule has 0 bridgehead atoms. The summed E-state index contributed by atoms with van der Waals surface area (Å²) >= 11 is 0. The maximum atomic E-state index is 12.6. The molecule has 1 aromatic heterocycles. The molecular weight excluding hydrogens is 319 g/mol. The number of nitrogens with zero attached hydrogens (tertiary/aromatic N) is 1. The van der Waals surface area contributed by atoms with Crippen LogP contribution in [0.4, 0.5) is 22.0 Å². The molecule has 0 spiro atoms. The minimum absolute atomic E-state index is 0.144. The zero-order chi connectivity index (χ0) is 15.0. The summed E-state index contributed by atoms with van der Waals surface area (Å²) in [7, 11) is 0.401. The van der Waals surface area contributed by atoms with Gasteiger partial charge in [-0.05, 0) is 6.07 Å². The van der Waals surface area contributed by atoms with E-state index < -0.39 is 50.0 Å². The van der Waals surface area contributed by atoms with Crippen LogP contribution >= 0.6 is 10.7 Å². The monoisotopic (exact) mass is 324 g/mol. The van der Waals surface area contributed by atoms with E-state index in [-0.39, 0.29) is 6.07 Å². The molecule has 1 heterocycles. The molecule has 0 amide bonds. The van der Waals surface area contributed by atoms with Crippen LogP contribution in [0.25, 0.3) is 0 Å². The molecule has 108 valence electrons. The molecule has 0 saturated heterocycles. The van der Waals surface area contributed by atoms with E-state index in [0.29, 0.717) is 0 Å². The molecule has 0 saturated carbocycles. The van der Waals surface area contributed by atoms with Crippen molar-refractivity contribution in [1.82, 2.24) is 4.98 Å². The lowest BCUT2D eigenvalue weighted by Gasteiger charge is -2.14. The van der Waals surface area contributed by atoms with E-state index in [9.17, 15) is 30.4 Å². The van der Waals surface area contributed by atoms with Gasteiger partial charge in [0.25, 0.3) is 15.5 Å². The van der Waals surface area contributed by atoms with E-state index in [4.69, 9.17) is 16.4 Å². The van der Waals surface area contributed by atoms with Gasteiger partial charge in [-0.2, -0.15) is 13.2 Å². The standard InChI is InChI=1S/C8H6ClF5N2O2S/c9-19(17,18)5-1-3(7(10)11)6(8(12,13)14)16-4(5)2-15/h1,7H,2,15H2. The number of alkyl halides is 5. The Morgan fingerprint density at radius 1 is 1.37 bits per heavy atom. The van der Waals surface area contributed by atoms with Crippen LogP contribution in [-0.4, -0.2) is 13.4 Å². The maximum absolute atomic E-state index is 12.6. The molecule has 0 fully saturated rings. The van der Waals surface area contributed by atoms with Gasteiger partial charge in [-0.25, -0.2) is 22.2 Å². The number of aromatic nitrogens is 1. The van der Waals surface area contributed by atoms with Crippen molar-refractivity contribution in [3.05, 3.63) is 23.0 Å². The molecule has 19 heavy (non-hydrogen) atoms. The third-order valence-corrected chi connectivity index (χ3v) is 3.43. The molecule has 1 aromatic rings. The third kappa shape index (κ3) is 3.51. The Hall–Kier alpha value is -1.00. The van der Waals surface area contributed by atoms with E-state index in [1.807, 2.05) is 0 Å². The summed E-state index contributed by atoms with van der Waals surface area (Å²) in [5.41, 5.74) is 0.867. The van der Waals surface area contributed by atoms with Gasteiger partial charge in [-0.15, -0.1) is 0 Å². The van der Waals surface area contributed by atoms with Crippen LogP contribution in [-0.2, 0) is 21.8 Å². The fourth-order valence-electron chi connectivity index (χ4n) is 1.30. The van der Waals surface area contributed by atoms with Crippen molar-refractivity contribution >= 4 is 19.7 Å². The van der Waals surface area contributed by atoms with Gasteiger partial charge in [0.05, 0.1) is 5.69 Å². The summed E-state index contributed by atoms with van der Waals surface area (Å²) in [6.45, 7) is -0.701. The van der Waals surface area contributed by atoms with Crippen LogP contribution in [0.2, 0.25) is 0 Å². The Morgan fingerprint density at radius 2 is 1.89 bits per heavy atom. The Bertz CT molecular complexity index is 588. The molecule has 4 nitrogen and oxygen atoms in total. The Kier molecular flexibility index (Phi) is 4.37. The first kappa shape index (κ1) is 16.1. The zero-order valence-electron chi connectivity index (χ0n) is 8.88. The van der Waals surface area contributed by atoms with Crippen molar-refractivity contribution in [3.8, 4) is 0 Å². The number of nitrogens with two attached hydrogens (primary N) is 1. The number of halogens is 6. The topological polar surface area (TPSA) is 73.0 Å². The predicted molar refractivity (Wildman–Crippen MR) is 55.1 cm³/mol. The van der Waals surface area contributed by atoms with E-state index in [0.717, 1.165) is 0 Å². The normalized spacial score (nSPS) is 13.1. The van der Waals surface area contributed by atoms with Crippen LogP contribution in [0.5, 0.6) is 0 Å². The van der Waals surface area contributed by atoms with Gasteiger partial charge in [-0.3, -0.25) is 0 Å². The third-order valence-electron chi connectivity index (χ3n) is 2.05. The molecule has 0 aliphatic carbocycles. The summed E-state index contributed by atoms with van der Waals surface area (Å²) in [6.07, 6.45) is -8.72. The molecule has 0 aliphatic rings. The molecule has 2 N–H and O–H groups in total. The number of hydrogen-bond acceptors (Lipinski definition) is 4. The summed E-state index contributed by atoms with van der Waals surface area (Å²) in [6, 6.07) is 0.144. The second-order valence-corrected chi connectivity index (χ2v) is 5.85. The largest absolute Gasteiger partial charge is 0.433 e. The fourth-order valence-corrected chi connectivity index (χ4v) is 2.38. The van der Waals surface area contributed by atoms with Crippen LogP contribution in [0.1, 0.15) is 23.4 Å². The van der Waals surface area contributed by atoms with Crippen LogP contribution < -0.4 is 5.73 Å². The van der Waals surface area contributed by atoms with Crippen molar-refractivity contribution in [2.75, 3.05) is 0 Å². The predicted octanol–water partition coefficient (Wildman–Crippen LogP) is 2.42. The van der Waals surface area contributed by atoms with Crippen LogP contribution in [0.15, 0.2) is 11.0 Å². The van der Waals surface area contributed by atoms with Crippen molar-refractivity contribution in [2.24, 2.45) is 5.73 Å². The average molecular weight is 325 g/mol. The van der Waals surface area contributed by atoms with Gasteiger partial charge in [-0.1, -0.05) is 0 Å². The molecule has 0 aromatic carbocycles. The lowest BCUT2D eigenvalue weighted by atomic mass is 10.1. The molecule has 0 radical (unpaired) electrons. The lowest BCUT2D eigenvalue weighted by Crippen LogP contribution is -2.17. The average Bonchev–Trinajstić information content (AvgIpc) is 2.24. The summed E-state index contributed by atoms with van der Waals surface area (Å²) < 4.78 is 84.9. The van der Waals surface area contributed by atoms with Crippen LogP contribution in [0.3, 0.4) is 0 Å². The number of pyridine rings is 1. The zero-order valence-corrected chi connectivity index (χ0v) is 10.5. The molecule has 1 rings (SSSR count). The first-order chi connectivity index (χ1) is 8.48. The molecule has 0 aliphatic heterocycles. The Morgan fingerprint density at radius 3 is 2.21 bits per heavy atom. The molecule has 0 unspecified atom stereocenters. The van der Waals surface area contributed by atoms with Gasteiger partial charge in [0.2, 0.25) is 0 Å². The van der Waals surface area contributed by atoms with E-state index >= 15 is 0 Å². The van der Waals surface area contributed by atoms with Crippen molar-refractivity contribution in [2.45, 2.75) is 24.0 Å². The molecule has 0 atom stereocenters. The highest BCUT2D eigenvalue weighted by molar-refractivity contribution is 8.13. The summed E-state index contributed by atoms with van der Waals surface area (Å²) in [5, 5.41) is 0. The van der Waals surface area contributed by atoms with Gasteiger partial charge in [0.1, 0.15) is 4.90 Å². The highest BCUT2D eigenvalue weighted by Gasteiger charge is 2.39. The van der Waals surface area contributed by atoms with E-state index in [1.165, 1.54) is 0 Å². The van der Waals surface area contributed by atoms with Crippen molar-refractivity contribution in [3.63, 3.8) is 0 Å². The second kappa shape index (κ2) is 5.17. The van der Waals surface area contributed by atoms with Crippen molar-refractivity contribution < 1.29 is 30.4 Å². The SMILES string of the molecule is NCc1nc(C(F)(F)F)c(C(F)F)cc1S(=O)(=O)Cl. The van der Waals surface area contributed by atoms with E-state index in [1.54, 1.807) is 0 Å². The lowest BCUT2D eigenvalue weighted by molar-refractivity contribution is -0.143. The minimum Gasteiger partial charge on any atom is -0.325 e. The minimum atomic E-state index is -5.16. The number of rotatable bonds is 3. The van der Waals surface area contributed by atoms with Gasteiger partial charge < -0.3 is 5.73 Å². The first-order valence-corrected chi connectivity index (χ1v) is 6.83. The number of hydrogen-bond donors (Lipinski definition) is 1. The van der Waals surface area contributed by atoms with E-state index in [2.05, 4.69) is 4.98 Å². The maximum Gasteiger partial charge on any atom is 0.433 e. The van der Waals surface area contributed by atoms with Crippen molar-refractivity contribution in [1.29, 1.82) is 0 Å². The van der Waals surface area contributed by atoms with Gasteiger partial charge in [0.15, 0.2) is 5.69 Å². The first-order valence-electron chi connectivity index (χ1n) is 4.52. The second-order valence-electron chi connectivity index (χ2n) is 3.31. The van der Waals surface area contributed by atoms with Gasteiger partial charge >= 0.3 is 6.18 Å². The summed E-state index contributed by atoms with van der Waals surface area (Å²) in [5.74, 6) is 0. The van der Waals surface area contributed by atoms with Crippen LogP contribution in [0, 0.1) is 0 Å². The fraction of sp³-hybridized carbons (Fsp3) is 0.375. The quantitative estimate of drug-likeness (QED) is 0.684. The Labute approximate surface area is 108 Å². The van der Waals surface area contributed by atoms with Gasteiger partial charge in [0, 0.05) is 22.8 Å². The highest BCUT2D eigenvalue weighted by Crippen LogP contribution is 2.37. The summed E-state index contributed by atoms with van der Waals surface area (Å²) in [4.78, 5) is 1.90. The molecular formula is C8H6ClF5N2O2S.